The van der Waals surface area contributed by atoms with Crippen molar-refractivity contribution in [3.63, 3.8) is 0 Å². The smallest absolute Gasteiger partial charge is 0.288 e. The second-order valence-electron chi connectivity index (χ2n) is 3.64. The highest BCUT2D eigenvalue weighted by molar-refractivity contribution is 9.10. The van der Waals surface area contributed by atoms with Crippen molar-refractivity contribution in [2.24, 2.45) is 0 Å². The molecule has 0 spiro atoms. The Morgan fingerprint density at radius 3 is 2.94 bits per heavy atom. The SMILES string of the molecule is O=c1[nH]ncn2c1c([N+](=O)[O-])c1c(Br)cccc12. The fraction of sp³-hybridized carbons (Fsp3) is 0. The van der Waals surface area contributed by atoms with Crippen molar-refractivity contribution in [3.8, 4) is 0 Å². The van der Waals surface area contributed by atoms with Crippen molar-refractivity contribution in [3.05, 3.63) is 49.5 Å². The molecule has 7 nitrogen and oxygen atoms in total. The zero-order valence-corrected chi connectivity index (χ0v) is 10.3. The number of hydrogen-bond acceptors (Lipinski definition) is 4. The van der Waals surface area contributed by atoms with Crippen LogP contribution in [0.25, 0.3) is 16.4 Å². The Hall–Kier alpha value is -2.22. The van der Waals surface area contributed by atoms with Crippen LogP contribution < -0.4 is 5.56 Å². The van der Waals surface area contributed by atoms with Gasteiger partial charge in [0.25, 0.3) is 5.56 Å². The van der Waals surface area contributed by atoms with E-state index in [1.54, 1.807) is 18.2 Å². The third-order valence-corrected chi connectivity index (χ3v) is 3.35. The maximum Gasteiger partial charge on any atom is 0.309 e. The molecule has 3 aromatic rings. The first kappa shape index (κ1) is 10.9. The van der Waals surface area contributed by atoms with Crippen molar-refractivity contribution in [1.29, 1.82) is 0 Å². The highest BCUT2D eigenvalue weighted by Crippen LogP contribution is 2.36. The topological polar surface area (TPSA) is 93.3 Å². The number of nitrogens with one attached hydrogen (secondary N) is 1. The lowest BCUT2D eigenvalue weighted by atomic mass is 10.2. The molecule has 0 atom stereocenters. The fourth-order valence-corrected chi connectivity index (χ4v) is 2.56. The Balaban J connectivity index is 2.76. The van der Waals surface area contributed by atoms with Crippen LogP contribution in [0.2, 0.25) is 0 Å². The fourth-order valence-electron chi connectivity index (χ4n) is 2.01. The second-order valence-corrected chi connectivity index (χ2v) is 4.50. The van der Waals surface area contributed by atoms with Crippen LogP contribution in [0.3, 0.4) is 0 Å². The highest BCUT2D eigenvalue weighted by Gasteiger charge is 2.25. The van der Waals surface area contributed by atoms with Crippen molar-refractivity contribution >= 4 is 38.0 Å². The van der Waals surface area contributed by atoms with E-state index < -0.39 is 10.5 Å². The van der Waals surface area contributed by atoms with Crippen LogP contribution >= 0.6 is 15.9 Å². The van der Waals surface area contributed by atoms with Gasteiger partial charge in [-0.1, -0.05) is 6.07 Å². The van der Waals surface area contributed by atoms with Gasteiger partial charge in [-0.25, -0.2) is 5.10 Å². The minimum Gasteiger partial charge on any atom is -0.288 e. The van der Waals surface area contributed by atoms with Crippen molar-refractivity contribution in [1.82, 2.24) is 14.6 Å². The molecule has 0 bridgehead atoms. The van der Waals surface area contributed by atoms with E-state index in [1.807, 2.05) is 0 Å². The standard InChI is InChI=1S/C10H5BrN4O3/c11-5-2-1-3-6-7(5)8(15(17)18)9-10(16)13-12-4-14(6)9/h1-4H,(H,13,16). The summed E-state index contributed by atoms with van der Waals surface area (Å²) in [5, 5.41) is 17.4. The number of aromatic nitrogens is 3. The molecule has 0 aliphatic carbocycles. The molecular weight excluding hydrogens is 304 g/mol. The number of aromatic amines is 1. The Kier molecular flexibility index (Phi) is 2.20. The highest BCUT2D eigenvalue weighted by atomic mass is 79.9. The van der Waals surface area contributed by atoms with Gasteiger partial charge >= 0.3 is 5.69 Å². The van der Waals surface area contributed by atoms with Gasteiger partial charge in [0, 0.05) is 4.47 Å². The summed E-state index contributed by atoms with van der Waals surface area (Å²) in [5.74, 6) is 0. The number of benzene rings is 1. The molecule has 0 unspecified atom stereocenters. The van der Waals surface area contributed by atoms with Crippen LogP contribution in [-0.2, 0) is 0 Å². The molecule has 0 saturated heterocycles. The maximum atomic E-state index is 11.7. The van der Waals surface area contributed by atoms with E-state index in [9.17, 15) is 14.9 Å². The minimum atomic E-state index is -0.590. The molecule has 0 aliphatic rings. The number of fused-ring (bicyclic) bond motifs is 3. The van der Waals surface area contributed by atoms with E-state index in [1.165, 1.54) is 10.7 Å². The van der Waals surface area contributed by atoms with Gasteiger partial charge in [-0.3, -0.25) is 19.3 Å². The summed E-state index contributed by atoms with van der Waals surface area (Å²) in [5.41, 5.74) is -0.269. The predicted octanol–water partition coefficient (Wildman–Crippen LogP) is 1.85. The average Bonchev–Trinajstić information content (AvgIpc) is 2.67. The van der Waals surface area contributed by atoms with Crippen molar-refractivity contribution < 1.29 is 4.92 Å². The van der Waals surface area contributed by atoms with Gasteiger partial charge in [0.15, 0.2) is 5.52 Å². The second kappa shape index (κ2) is 3.64. The molecule has 2 heterocycles. The van der Waals surface area contributed by atoms with E-state index in [-0.39, 0.29) is 11.2 Å². The monoisotopic (exact) mass is 308 g/mol. The van der Waals surface area contributed by atoms with E-state index in [0.29, 0.717) is 15.4 Å². The molecule has 1 N–H and O–H groups in total. The zero-order valence-electron chi connectivity index (χ0n) is 8.75. The summed E-state index contributed by atoms with van der Waals surface area (Å²) in [6.45, 7) is 0. The van der Waals surface area contributed by atoms with Gasteiger partial charge in [0.1, 0.15) is 6.33 Å². The molecule has 2 aromatic heterocycles. The maximum absolute atomic E-state index is 11.7. The Morgan fingerprint density at radius 2 is 2.22 bits per heavy atom. The lowest BCUT2D eigenvalue weighted by molar-refractivity contribution is -0.381. The van der Waals surface area contributed by atoms with Crippen LogP contribution in [0.15, 0.2) is 33.8 Å². The average molecular weight is 309 g/mol. The van der Waals surface area contributed by atoms with Crippen LogP contribution in [-0.4, -0.2) is 19.5 Å². The summed E-state index contributed by atoms with van der Waals surface area (Å²) in [6, 6.07) is 5.13. The molecule has 1 aromatic carbocycles. The van der Waals surface area contributed by atoms with Crippen LogP contribution in [0.5, 0.6) is 0 Å². The van der Waals surface area contributed by atoms with Crippen LogP contribution in [0.4, 0.5) is 5.69 Å². The Labute approximate surface area is 107 Å². The number of nitro groups is 1. The number of H-pyrrole nitrogens is 1. The molecule has 0 radical (unpaired) electrons. The van der Waals surface area contributed by atoms with Gasteiger partial charge in [-0.05, 0) is 28.1 Å². The van der Waals surface area contributed by atoms with E-state index in [2.05, 4.69) is 26.1 Å². The van der Waals surface area contributed by atoms with Gasteiger partial charge in [-0.15, -0.1) is 0 Å². The van der Waals surface area contributed by atoms with Crippen molar-refractivity contribution in [2.75, 3.05) is 0 Å². The quantitative estimate of drug-likeness (QED) is 0.548. The first-order chi connectivity index (χ1) is 8.61. The summed E-state index contributed by atoms with van der Waals surface area (Å²) in [4.78, 5) is 22.4. The number of hydrogen-bond donors (Lipinski definition) is 1. The molecule has 0 saturated carbocycles. The van der Waals surface area contributed by atoms with E-state index in [0.717, 1.165) is 0 Å². The third kappa shape index (κ3) is 1.29. The van der Waals surface area contributed by atoms with Gasteiger partial charge < -0.3 is 0 Å². The lowest BCUT2D eigenvalue weighted by Gasteiger charge is -1.93. The van der Waals surface area contributed by atoms with E-state index in [4.69, 9.17) is 0 Å². The van der Waals surface area contributed by atoms with Gasteiger partial charge in [-0.2, -0.15) is 5.10 Å². The third-order valence-electron chi connectivity index (χ3n) is 2.69. The van der Waals surface area contributed by atoms with Gasteiger partial charge in [0.2, 0.25) is 0 Å². The zero-order chi connectivity index (χ0) is 12.9. The summed E-state index contributed by atoms with van der Waals surface area (Å²) >= 11 is 3.27. The number of nitrogens with zero attached hydrogens (tertiary/aromatic N) is 3. The molecule has 3 rings (SSSR count). The summed E-state index contributed by atoms with van der Waals surface area (Å²) < 4.78 is 1.98. The van der Waals surface area contributed by atoms with Crippen molar-refractivity contribution in [2.45, 2.75) is 0 Å². The first-order valence-corrected chi connectivity index (χ1v) is 5.71. The summed E-state index contributed by atoms with van der Waals surface area (Å²) in [6.07, 6.45) is 1.35. The van der Waals surface area contributed by atoms with E-state index >= 15 is 0 Å². The largest absolute Gasteiger partial charge is 0.309 e. The molecule has 0 amide bonds. The molecule has 8 heteroatoms. The molecule has 18 heavy (non-hydrogen) atoms. The van der Waals surface area contributed by atoms with Crippen LogP contribution in [0.1, 0.15) is 0 Å². The molecule has 0 fully saturated rings. The molecule has 90 valence electrons. The number of rotatable bonds is 1. The predicted molar refractivity (Wildman–Crippen MR) is 67.7 cm³/mol. The van der Waals surface area contributed by atoms with Gasteiger partial charge in [0.05, 0.1) is 15.8 Å². The normalized spacial score (nSPS) is 11.2. The summed E-state index contributed by atoms with van der Waals surface area (Å²) in [7, 11) is 0. The molecular formula is C10H5BrN4O3. The lowest BCUT2D eigenvalue weighted by Crippen LogP contribution is -2.11. The van der Waals surface area contributed by atoms with Crippen LogP contribution in [0, 0.1) is 10.1 Å². The Morgan fingerprint density at radius 1 is 1.44 bits per heavy atom. The first-order valence-electron chi connectivity index (χ1n) is 4.91. The Bertz CT molecular complexity index is 851. The molecule has 0 aliphatic heterocycles. The number of halogens is 1. The minimum absolute atomic E-state index is 0.0168.